The maximum atomic E-state index is 11.9. The van der Waals surface area contributed by atoms with Gasteiger partial charge in [-0.2, -0.15) is 11.8 Å². The molecule has 2 rings (SSSR count). The lowest BCUT2D eigenvalue weighted by molar-refractivity contribution is -0.127. The molecule has 0 aliphatic carbocycles. The summed E-state index contributed by atoms with van der Waals surface area (Å²) in [6.07, 6.45) is 0. The topological polar surface area (TPSA) is 57.6 Å². The maximum Gasteiger partial charge on any atom is 0.261 e. The number of ketones is 1. The molecule has 106 valence electrons. The van der Waals surface area contributed by atoms with Crippen LogP contribution < -0.4 is 0 Å². The van der Waals surface area contributed by atoms with Crippen molar-refractivity contribution in [3.8, 4) is 0 Å². The van der Waals surface area contributed by atoms with Crippen LogP contribution in [0.15, 0.2) is 41.7 Å². The van der Waals surface area contributed by atoms with Crippen molar-refractivity contribution < 1.29 is 14.7 Å². The minimum atomic E-state index is -0.407. The Labute approximate surface area is 122 Å². The van der Waals surface area contributed by atoms with Crippen molar-refractivity contribution in [2.75, 3.05) is 12.8 Å². The summed E-state index contributed by atoms with van der Waals surface area (Å²) in [6.45, 7) is 1.30. The molecule has 1 aliphatic heterocycles. The number of hydrogen-bond acceptors (Lipinski definition) is 4. The van der Waals surface area contributed by atoms with Crippen molar-refractivity contribution in [1.82, 2.24) is 4.90 Å². The van der Waals surface area contributed by atoms with Gasteiger partial charge in [0.25, 0.3) is 5.91 Å². The standard InChI is InChI=1S/C15H17NO3S/c1-10(17)13-14(18)12(16(2)15(13)19)9-20-8-11-6-4-3-5-7-11/h3-7,12,18H,8-9H2,1-2H3/t12-/m1/s1. The molecule has 5 heteroatoms. The lowest BCUT2D eigenvalue weighted by atomic mass is 10.1. The van der Waals surface area contributed by atoms with Crippen molar-refractivity contribution >= 4 is 23.5 Å². The summed E-state index contributed by atoms with van der Waals surface area (Å²) in [5.74, 6) is 0.516. The van der Waals surface area contributed by atoms with Gasteiger partial charge in [0.2, 0.25) is 0 Å². The Kier molecular flexibility index (Phi) is 4.49. The van der Waals surface area contributed by atoms with Gasteiger partial charge in [0.1, 0.15) is 11.3 Å². The first-order valence-corrected chi connectivity index (χ1v) is 7.50. The van der Waals surface area contributed by atoms with Crippen LogP contribution in [0, 0.1) is 0 Å². The van der Waals surface area contributed by atoms with Crippen molar-refractivity contribution in [2.45, 2.75) is 18.7 Å². The Morgan fingerprint density at radius 3 is 2.55 bits per heavy atom. The summed E-state index contributed by atoms with van der Waals surface area (Å²) in [6, 6.07) is 9.58. The highest BCUT2D eigenvalue weighted by Gasteiger charge is 2.38. The van der Waals surface area contributed by atoms with Crippen LogP contribution in [0.3, 0.4) is 0 Å². The molecule has 1 aromatic rings. The zero-order chi connectivity index (χ0) is 14.7. The van der Waals surface area contributed by atoms with Gasteiger partial charge in [0, 0.05) is 18.6 Å². The summed E-state index contributed by atoms with van der Waals surface area (Å²) >= 11 is 1.63. The summed E-state index contributed by atoms with van der Waals surface area (Å²) in [5.41, 5.74) is 1.12. The van der Waals surface area contributed by atoms with Gasteiger partial charge in [-0.3, -0.25) is 9.59 Å². The van der Waals surface area contributed by atoms with Gasteiger partial charge >= 0.3 is 0 Å². The number of amides is 1. The number of nitrogens with zero attached hydrogens (tertiary/aromatic N) is 1. The van der Waals surface area contributed by atoms with E-state index in [1.165, 1.54) is 17.4 Å². The van der Waals surface area contributed by atoms with Crippen LogP contribution in [0.25, 0.3) is 0 Å². The molecule has 0 aromatic heterocycles. The van der Waals surface area contributed by atoms with E-state index in [1.54, 1.807) is 18.8 Å². The average Bonchev–Trinajstić information content (AvgIpc) is 2.63. The maximum absolute atomic E-state index is 11.9. The Morgan fingerprint density at radius 2 is 2.00 bits per heavy atom. The number of aliphatic hydroxyl groups is 1. The SMILES string of the molecule is CC(=O)C1=C(O)[C@@H](CSCc2ccccc2)N(C)C1=O. The first-order chi connectivity index (χ1) is 9.52. The van der Waals surface area contributed by atoms with Gasteiger partial charge in [-0.25, -0.2) is 0 Å². The minimum absolute atomic E-state index is 0.0715. The Morgan fingerprint density at radius 1 is 1.35 bits per heavy atom. The molecule has 1 aromatic carbocycles. The lowest BCUT2D eigenvalue weighted by Crippen LogP contribution is -2.34. The fourth-order valence-corrected chi connectivity index (χ4v) is 3.31. The van der Waals surface area contributed by atoms with Crippen molar-refractivity contribution in [1.29, 1.82) is 0 Å². The summed E-state index contributed by atoms with van der Waals surface area (Å²) in [5, 5.41) is 10.0. The third-order valence-corrected chi connectivity index (χ3v) is 4.40. The van der Waals surface area contributed by atoms with E-state index in [0.29, 0.717) is 5.75 Å². The molecular weight excluding hydrogens is 274 g/mol. The monoisotopic (exact) mass is 291 g/mol. The van der Waals surface area contributed by atoms with Gasteiger partial charge in [-0.1, -0.05) is 30.3 Å². The second-order valence-electron chi connectivity index (χ2n) is 4.75. The number of likely N-dealkylation sites (N-methyl/N-ethyl adjacent to an activating group) is 1. The van der Waals surface area contributed by atoms with E-state index in [1.807, 2.05) is 30.3 Å². The van der Waals surface area contributed by atoms with Gasteiger partial charge in [-0.05, 0) is 12.5 Å². The van der Waals surface area contributed by atoms with Crippen LogP contribution in [0.5, 0.6) is 0 Å². The first kappa shape index (κ1) is 14.7. The molecule has 0 unspecified atom stereocenters. The smallest absolute Gasteiger partial charge is 0.261 e. The average molecular weight is 291 g/mol. The van der Waals surface area contributed by atoms with E-state index in [0.717, 1.165) is 5.75 Å². The molecule has 0 saturated carbocycles. The molecular formula is C15H17NO3S. The quantitative estimate of drug-likeness (QED) is 0.845. The zero-order valence-corrected chi connectivity index (χ0v) is 12.3. The number of benzene rings is 1. The third-order valence-electron chi connectivity index (χ3n) is 3.31. The van der Waals surface area contributed by atoms with Crippen LogP contribution in [0.4, 0.5) is 0 Å². The van der Waals surface area contributed by atoms with E-state index in [2.05, 4.69) is 0 Å². The highest BCUT2D eigenvalue weighted by atomic mass is 32.2. The number of hydrogen-bond donors (Lipinski definition) is 1. The molecule has 0 radical (unpaired) electrons. The van der Waals surface area contributed by atoms with Gasteiger partial charge < -0.3 is 10.0 Å². The number of carbonyl (C=O) groups excluding carboxylic acids is 2. The minimum Gasteiger partial charge on any atom is -0.509 e. The highest BCUT2D eigenvalue weighted by Crippen LogP contribution is 2.27. The third kappa shape index (κ3) is 2.88. The van der Waals surface area contributed by atoms with Crippen LogP contribution in [-0.2, 0) is 15.3 Å². The van der Waals surface area contributed by atoms with Crippen molar-refractivity contribution in [3.05, 3.63) is 47.2 Å². The van der Waals surface area contributed by atoms with E-state index in [9.17, 15) is 14.7 Å². The Hall–Kier alpha value is -1.75. The second-order valence-corrected chi connectivity index (χ2v) is 5.78. The molecule has 1 amide bonds. The molecule has 1 N–H and O–H groups in total. The zero-order valence-electron chi connectivity index (χ0n) is 11.5. The number of thioether (sulfide) groups is 1. The Balaban J connectivity index is 1.99. The summed E-state index contributed by atoms with van der Waals surface area (Å²) in [7, 11) is 1.61. The van der Waals surface area contributed by atoms with Gasteiger partial charge in [0.15, 0.2) is 5.78 Å². The molecule has 0 fully saturated rings. The van der Waals surface area contributed by atoms with Crippen molar-refractivity contribution in [3.63, 3.8) is 0 Å². The predicted molar refractivity (Wildman–Crippen MR) is 79.5 cm³/mol. The molecule has 1 atom stereocenters. The van der Waals surface area contributed by atoms with E-state index in [-0.39, 0.29) is 23.0 Å². The van der Waals surface area contributed by atoms with Gasteiger partial charge in [0.05, 0.1) is 6.04 Å². The number of Topliss-reactive ketones (excluding diaryl/α,β-unsaturated/α-hetero) is 1. The predicted octanol–water partition coefficient (Wildman–Crippen LogP) is 2.16. The fourth-order valence-electron chi connectivity index (χ4n) is 2.16. The van der Waals surface area contributed by atoms with Crippen LogP contribution >= 0.6 is 11.8 Å². The van der Waals surface area contributed by atoms with Gasteiger partial charge in [-0.15, -0.1) is 0 Å². The van der Waals surface area contributed by atoms with E-state index in [4.69, 9.17) is 0 Å². The molecule has 1 heterocycles. The van der Waals surface area contributed by atoms with Crippen LogP contribution in [0.2, 0.25) is 0 Å². The molecule has 0 saturated heterocycles. The second kappa shape index (κ2) is 6.13. The number of carbonyl (C=O) groups is 2. The lowest BCUT2D eigenvalue weighted by Gasteiger charge is -2.20. The number of rotatable bonds is 5. The van der Waals surface area contributed by atoms with Crippen LogP contribution in [0.1, 0.15) is 12.5 Å². The van der Waals surface area contributed by atoms with Crippen LogP contribution in [-0.4, -0.2) is 40.5 Å². The molecule has 20 heavy (non-hydrogen) atoms. The first-order valence-electron chi connectivity index (χ1n) is 6.35. The fraction of sp³-hybridized carbons (Fsp3) is 0.333. The highest BCUT2D eigenvalue weighted by molar-refractivity contribution is 7.98. The molecule has 4 nitrogen and oxygen atoms in total. The molecule has 0 spiro atoms. The molecule has 0 bridgehead atoms. The van der Waals surface area contributed by atoms with E-state index >= 15 is 0 Å². The Bertz CT molecular complexity index is 553. The van der Waals surface area contributed by atoms with Crippen molar-refractivity contribution in [2.24, 2.45) is 0 Å². The molecule has 1 aliphatic rings. The normalized spacial score (nSPS) is 18.8. The number of aliphatic hydroxyl groups excluding tert-OH is 1. The summed E-state index contributed by atoms with van der Waals surface area (Å²) in [4.78, 5) is 24.7. The van der Waals surface area contributed by atoms with E-state index < -0.39 is 6.04 Å². The largest absolute Gasteiger partial charge is 0.509 e. The summed E-state index contributed by atoms with van der Waals surface area (Å²) < 4.78 is 0.